The van der Waals surface area contributed by atoms with Gasteiger partial charge in [0.25, 0.3) is 11.8 Å². The number of ketones is 1. The van der Waals surface area contributed by atoms with E-state index in [0.29, 0.717) is 60.8 Å². The van der Waals surface area contributed by atoms with Crippen molar-refractivity contribution in [3.63, 3.8) is 0 Å². The van der Waals surface area contributed by atoms with Crippen LogP contribution in [0.3, 0.4) is 0 Å². The van der Waals surface area contributed by atoms with Crippen LogP contribution in [-0.2, 0) is 60.6 Å². The summed E-state index contributed by atoms with van der Waals surface area (Å²) >= 11 is 3.02. The number of aliphatic carboxylic acids is 1. The standard InChI is InChI=1S/C69H84N5O19S2.2Na.H2O/c1-43(76)73-59-54(79)38-68(42-75,92-63(59)61(84)56(81)40-71-65(86)51-25-21-49(22-26-51)47-12-5-3-6-13-47)90-30-10-34-95-35-29-70-58(83)37-46-19-17-45(18-20-46)36-53(78)16-9-32-94-33-11-31-91-69(67(88)89)39-55(80)60(74-44(2)77)64(93-69)62(85)57(82)41-72-66(87)52-27-23-50(24-28-52)48-14-7-4-8-15-48;;;/h3-8,12-15,17-28,54-57,59-64,79-82,84-85H,9-11,16,29-41H2,1-2H3,(H,70,83)(H,71,86)(H,72,87)(H,73,76)(H,74,77)(H,88,89);;;1H2/q-1;2*+1;/p-2/t54-,55-,56+,57+,59+,60+,61+,62+,63+,64+,68+,69+;;;/m0.../s1. The molecule has 5 amide bonds. The van der Waals surface area contributed by atoms with Crippen molar-refractivity contribution in [2.24, 2.45) is 0 Å². The number of amides is 5. The average Bonchev–Trinajstić information content (AvgIpc) is 0.776. The number of Topliss-reactive ketones (excluding diaryl/α,β-unsaturated/α-hetero) is 1. The van der Waals surface area contributed by atoms with Crippen molar-refractivity contribution in [2.75, 3.05) is 55.9 Å². The Morgan fingerprint density at radius 1 is 0.571 bits per heavy atom. The predicted octanol–water partition coefficient (Wildman–Crippen LogP) is -4.45. The number of carboxylic acid groups (broad SMARTS) is 1. The molecule has 2 aliphatic rings. The van der Waals surface area contributed by atoms with E-state index in [2.05, 4.69) is 26.6 Å². The summed E-state index contributed by atoms with van der Waals surface area (Å²) in [6.45, 7) is 1.54. The Labute approximate surface area is 621 Å². The van der Waals surface area contributed by atoms with Gasteiger partial charge in [-0.2, -0.15) is 23.5 Å². The third-order valence-corrected chi connectivity index (χ3v) is 18.1. The Morgan fingerprint density at radius 3 is 1.47 bits per heavy atom. The van der Waals surface area contributed by atoms with Gasteiger partial charge in [-0.25, -0.2) is 6.29 Å². The van der Waals surface area contributed by atoms with Crippen LogP contribution in [-0.4, -0.2) is 212 Å². The first-order valence-electron chi connectivity index (χ1n) is 31.4. The molecule has 520 valence electrons. The summed E-state index contributed by atoms with van der Waals surface area (Å²) in [5, 5.41) is 92.4. The first-order chi connectivity index (χ1) is 45.6. The molecule has 2 heterocycles. The Kier molecular flexibility index (Phi) is 37.0. The van der Waals surface area contributed by atoms with Crippen LogP contribution >= 0.6 is 23.5 Å². The van der Waals surface area contributed by atoms with Gasteiger partial charge in [0.05, 0.1) is 55.3 Å². The Hall–Kier alpha value is -5.48. The van der Waals surface area contributed by atoms with Crippen LogP contribution in [0.4, 0.5) is 0 Å². The SMILES string of the molecule is CC(=O)N[C@H]1[C@H]([C@H](O)[C@H](O)CNC(=O)c2ccc(-c3ccccc3)cc2)O[C@]([C-]=O)(OCCCSCCNC(=O)Cc2ccc(CC(=O)CCCSCCCO[C@]3(C(=O)[O-])C[C@H](O)[C@@H](NC(C)=O)[C@H]([C@H](O)[C@H](O)CNC(=O)c4ccc(-c5ccccc5)cc4)O3)cc2)C[C@@H]1O.[Na+].[Na+].[OH-]. The van der Waals surface area contributed by atoms with Crippen LogP contribution in [0.25, 0.3) is 22.3 Å². The zero-order chi connectivity index (χ0) is 68.5. The molecule has 0 radical (unpaired) electrons. The van der Waals surface area contributed by atoms with E-state index in [1.165, 1.54) is 30.4 Å². The van der Waals surface area contributed by atoms with Gasteiger partial charge in [-0.15, -0.1) is 0 Å². The van der Waals surface area contributed by atoms with Crippen LogP contribution in [0.1, 0.15) is 84.2 Å². The molecule has 0 aromatic heterocycles. The van der Waals surface area contributed by atoms with Crippen LogP contribution in [0, 0.1) is 0 Å². The number of carbonyl (C=O) groups excluding carboxylic acids is 8. The van der Waals surface area contributed by atoms with Crippen LogP contribution in [0.5, 0.6) is 0 Å². The monoisotopic (exact) mass is 1410 g/mol. The number of ether oxygens (including phenoxy) is 4. The zero-order valence-corrected chi connectivity index (χ0v) is 60.9. The Bertz CT molecular complexity index is 3320. The molecule has 2 fully saturated rings. The summed E-state index contributed by atoms with van der Waals surface area (Å²) in [4.78, 5) is 101. The van der Waals surface area contributed by atoms with Crippen molar-refractivity contribution in [1.29, 1.82) is 0 Å². The fraction of sp³-hybridized carbons (Fsp3) is 0.449. The smallest absolute Gasteiger partial charge is 0.870 e. The minimum atomic E-state index is -2.57. The molecule has 5 aromatic rings. The van der Waals surface area contributed by atoms with E-state index >= 15 is 0 Å². The summed E-state index contributed by atoms with van der Waals surface area (Å²) in [5.41, 5.74) is 5.79. The van der Waals surface area contributed by atoms with Gasteiger partial charge >= 0.3 is 59.1 Å². The molecule has 25 nitrogen and oxygen atoms in total. The first kappa shape index (κ1) is 84.9. The molecule has 5 aromatic carbocycles. The van der Waals surface area contributed by atoms with Crippen molar-refractivity contribution in [2.45, 2.75) is 138 Å². The molecule has 0 unspecified atom stereocenters. The third-order valence-electron chi connectivity index (χ3n) is 15.9. The van der Waals surface area contributed by atoms with Crippen LogP contribution in [0.15, 0.2) is 133 Å². The van der Waals surface area contributed by atoms with Gasteiger partial charge in [-0.05, 0) is 94.2 Å². The number of carbonyl (C=O) groups is 7. The quantitative estimate of drug-likeness (QED) is 0.0101. The number of aliphatic hydroxyl groups excluding tert-OH is 6. The van der Waals surface area contributed by atoms with Gasteiger partial charge in [-0.1, -0.05) is 109 Å². The number of nitrogens with one attached hydrogen (secondary N) is 5. The summed E-state index contributed by atoms with van der Waals surface area (Å²) in [6.07, 6.45) is -11.1. The predicted molar refractivity (Wildman–Crippen MR) is 354 cm³/mol. The number of carboxylic acids is 1. The third kappa shape index (κ3) is 25.8. The molecule has 12 N–H and O–H groups in total. The molecule has 12 atom stereocenters. The average molecular weight is 1410 g/mol. The van der Waals surface area contributed by atoms with Gasteiger partial charge in [0.15, 0.2) is 0 Å². The molecule has 7 rings (SSSR count). The molecule has 2 saturated heterocycles. The number of aliphatic hydroxyl groups is 6. The van der Waals surface area contributed by atoms with E-state index in [0.717, 1.165) is 40.3 Å². The van der Waals surface area contributed by atoms with Gasteiger partial charge in [0.1, 0.15) is 36.2 Å². The fourth-order valence-electron chi connectivity index (χ4n) is 10.9. The summed E-state index contributed by atoms with van der Waals surface area (Å²) in [7, 11) is 0. The second kappa shape index (κ2) is 42.7. The Balaban J connectivity index is 0.00000680. The van der Waals surface area contributed by atoms with E-state index in [9.17, 15) is 74.1 Å². The van der Waals surface area contributed by atoms with Gasteiger partial charge < -0.3 is 96.3 Å². The maximum absolute atomic E-state index is 13.0. The molecular formula is C69H84N5Na2O20S2-. The van der Waals surface area contributed by atoms with E-state index in [-0.39, 0.29) is 108 Å². The molecule has 0 spiro atoms. The largest absolute Gasteiger partial charge is 1.00 e. The molecular weight excluding hydrogens is 1330 g/mol. The van der Waals surface area contributed by atoms with Crippen LogP contribution in [0.2, 0.25) is 0 Å². The normalized spacial score (nSPS) is 21.5. The van der Waals surface area contributed by atoms with E-state index in [1.807, 2.05) is 60.7 Å². The first-order valence-corrected chi connectivity index (χ1v) is 33.7. The van der Waals surface area contributed by atoms with E-state index in [1.54, 1.807) is 79.1 Å². The molecule has 29 heteroatoms. The topological polar surface area (TPSA) is 408 Å². The maximum atomic E-state index is 13.0. The van der Waals surface area contributed by atoms with Crippen molar-refractivity contribution in [3.05, 3.63) is 156 Å². The second-order valence-corrected chi connectivity index (χ2v) is 25.7. The number of benzene rings is 5. The van der Waals surface area contributed by atoms with Crippen LogP contribution < -0.4 is 90.8 Å². The summed E-state index contributed by atoms with van der Waals surface area (Å²) < 4.78 is 23.2. The molecule has 0 aliphatic carbocycles. The molecule has 0 saturated carbocycles. The maximum Gasteiger partial charge on any atom is 1.00 e. The second-order valence-electron chi connectivity index (χ2n) is 23.3. The van der Waals surface area contributed by atoms with Gasteiger partial charge in [-0.3, -0.25) is 28.8 Å². The number of hydrogen-bond donors (Lipinski definition) is 11. The van der Waals surface area contributed by atoms with Crippen molar-refractivity contribution >= 4 is 71.1 Å². The molecule has 2 aliphatic heterocycles. The Morgan fingerprint density at radius 2 is 1.00 bits per heavy atom. The van der Waals surface area contributed by atoms with Gasteiger partial charge in [0, 0.05) is 82.7 Å². The van der Waals surface area contributed by atoms with Crippen molar-refractivity contribution in [3.8, 4) is 22.3 Å². The number of thioether (sulfide) groups is 2. The summed E-state index contributed by atoms with van der Waals surface area (Å²) in [5.74, 6) is -6.86. The van der Waals surface area contributed by atoms with Gasteiger partial charge in [0.2, 0.25) is 23.5 Å². The minimum absolute atomic E-state index is 0. The zero-order valence-electron chi connectivity index (χ0n) is 55.3. The van der Waals surface area contributed by atoms with E-state index in [4.69, 9.17) is 18.9 Å². The number of hydrogen-bond acceptors (Lipinski definition) is 22. The minimum Gasteiger partial charge on any atom is -0.870 e. The van der Waals surface area contributed by atoms with Crippen molar-refractivity contribution in [1.82, 2.24) is 26.6 Å². The fourth-order valence-corrected chi connectivity index (χ4v) is 12.6. The molecule has 0 bridgehead atoms. The summed E-state index contributed by atoms with van der Waals surface area (Å²) in [6, 6.07) is 37.1. The molecule has 98 heavy (non-hydrogen) atoms. The van der Waals surface area contributed by atoms with Crippen molar-refractivity contribution < 1.29 is 158 Å². The van der Waals surface area contributed by atoms with E-state index < -0.39 is 128 Å². The number of rotatable bonds is 37.